The molecule has 2 saturated heterocycles. The van der Waals surface area contributed by atoms with Crippen LogP contribution in [0.2, 0.25) is 0 Å². The van der Waals surface area contributed by atoms with Gasteiger partial charge >= 0.3 is 25.7 Å². The first-order valence-electron chi connectivity index (χ1n) is 16.6. The van der Waals surface area contributed by atoms with Gasteiger partial charge in [-0.1, -0.05) is 18.2 Å². The van der Waals surface area contributed by atoms with Crippen molar-refractivity contribution in [3.63, 3.8) is 0 Å². The fraction of sp³-hybridized carbons (Fsp3) is 0.529. The zero-order chi connectivity index (χ0) is 37.9. The Labute approximate surface area is 299 Å². The zero-order valence-corrected chi connectivity index (χ0v) is 30.6. The van der Waals surface area contributed by atoms with Gasteiger partial charge in [0.1, 0.15) is 41.9 Å². The lowest BCUT2D eigenvalue weighted by atomic mass is 9.95. The van der Waals surface area contributed by atoms with Crippen LogP contribution in [0.25, 0.3) is 5.52 Å². The summed E-state index contributed by atoms with van der Waals surface area (Å²) in [6.07, 6.45) is -3.83. The van der Waals surface area contributed by atoms with Gasteiger partial charge < -0.3 is 33.9 Å². The third-order valence-corrected chi connectivity index (χ3v) is 10.4. The standard InChI is InChI=1S/C34H41N6O11P/c1-19(27(41)46-21-15-45-16-21)39-52(44,50-20-11-9-8-10-12-20)51-28-33(17-35)34(28,49-30(43)32(5,6)7)25(47-29(42)31(2,3)4)24(48-33)22-13-14-23-26(36)37-18-38-40(22)23/h8-14,18-19,21,24-25,28H,15-16H2,1-7H3,(H,39,44)(H2,36,37,38)/t19-,24-,25-,28?,33+,34+,52?/m0/s1. The van der Waals surface area contributed by atoms with E-state index in [-0.39, 0.29) is 30.5 Å². The predicted molar refractivity (Wildman–Crippen MR) is 180 cm³/mol. The van der Waals surface area contributed by atoms with Crippen molar-refractivity contribution < 1.29 is 51.7 Å². The molecule has 2 aromatic heterocycles. The van der Waals surface area contributed by atoms with E-state index in [0.717, 1.165) is 0 Å². The molecule has 17 nitrogen and oxygen atoms in total. The Kier molecular flexibility index (Phi) is 9.38. The maximum atomic E-state index is 14.8. The average Bonchev–Trinajstić information content (AvgIpc) is 3.30. The number of aromatic nitrogens is 3. The Bertz CT molecular complexity index is 1970. The van der Waals surface area contributed by atoms with Crippen LogP contribution in [0.4, 0.5) is 5.82 Å². The molecule has 3 aromatic rings. The lowest BCUT2D eigenvalue weighted by molar-refractivity contribution is -0.187. The van der Waals surface area contributed by atoms with Crippen molar-refractivity contribution in [2.75, 3.05) is 18.9 Å². The number of esters is 3. The summed E-state index contributed by atoms with van der Waals surface area (Å²) in [5.74, 6) is -2.10. The second-order valence-corrected chi connectivity index (χ2v) is 16.6. The first-order valence-corrected chi connectivity index (χ1v) is 18.1. The highest BCUT2D eigenvalue weighted by atomic mass is 31.2. The number of nitrogens with zero attached hydrogens (tertiary/aromatic N) is 4. The summed E-state index contributed by atoms with van der Waals surface area (Å²) in [4.78, 5) is 44.4. The highest BCUT2D eigenvalue weighted by Gasteiger charge is 2.95. The number of hydrogen-bond acceptors (Lipinski definition) is 15. The number of nitriles is 1. The number of nitrogens with one attached hydrogen (secondary N) is 1. The van der Waals surface area contributed by atoms with Gasteiger partial charge in [-0.05, 0) is 72.7 Å². The van der Waals surface area contributed by atoms with Gasteiger partial charge in [-0.25, -0.2) is 14.1 Å². The van der Waals surface area contributed by atoms with E-state index in [2.05, 4.69) is 21.2 Å². The van der Waals surface area contributed by atoms with Gasteiger partial charge in [0.05, 0.1) is 29.7 Å². The van der Waals surface area contributed by atoms with Crippen LogP contribution < -0.4 is 15.3 Å². The van der Waals surface area contributed by atoms with Crippen LogP contribution in [0.15, 0.2) is 48.8 Å². The normalized spacial score (nSPS) is 27.3. The highest BCUT2D eigenvalue weighted by Crippen LogP contribution is 2.71. The molecule has 2 aliphatic heterocycles. The number of ether oxygens (including phenoxy) is 5. The Morgan fingerprint density at radius 2 is 1.73 bits per heavy atom. The van der Waals surface area contributed by atoms with E-state index < -0.39 is 78.1 Å². The SMILES string of the molecule is C[C@H](NP(=O)(Oc1ccccc1)OC1[C@@]2(C#N)O[C@@H](c3ccc4c(N)ncnn34)[C@H](OC(=O)C(C)(C)C)[C@@]12OC(=O)C(C)(C)C)C(=O)OC1COC1. The maximum absolute atomic E-state index is 14.8. The molecule has 52 heavy (non-hydrogen) atoms. The molecule has 1 saturated carbocycles. The molecule has 7 atom stereocenters. The maximum Gasteiger partial charge on any atom is 0.460 e. The minimum Gasteiger partial charge on any atom is -0.456 e. The quantitative estimate of drug-likeness (QED) is 0.163. The molecule has 3 N–H and O–H groups in total. The van der Waals surface area contributed by atoms with E-state index in [0.29, 0.717) is 5.52 Å². The minimum atomic E-state index is -4.72. The Hall–Kier alpha value is -4.59. The molecule has 1 aromatic carbocycles. The monoisotopic (exact) mass is 740 g/mol. The van der Waals surface area contributed by atoms with Gasteiger partial charge in [-0.3, -0.25) is 18.9 Å². The first-order chi connectivity index (χ1) is 24.3. The van der Waals surface area contributed by atoms with Gasteiger partial charge in [0.15, 0.2) is 18.0 Å². The molecule has 6 rings (SSSR count). The molecule has 0 bridgehead atoms. The van der Waals surface area contributed by atoms with Crippen molar-refractivity contribution in [2.45, 2.75) is 90.1 Å². The number of fused-ring (bicyclic) bond motifs is 2. The van der Waals surface area contributed by atoms with E-state index >= 15 is 0 Å². The molecular formula is C34H41N6O11P. The molecule has 18 heteroatoms. The number of carbonyl (C=O) groups is 3. The number of nitrogens with two attached hydrogens (primary N) is 1. The second-order valence-electron chi connectivity index (χ2n) is 14.9. The summed E-state index contributed by atoms with van der Waals surface area (Å²) in [5.41, 5.74) is 0.0931. The van der Waals surface area contributed by atoms with E-state index in [1.807, 2.05) is 0 Å². The molecule has 3 fully saturated rings. The van der Waals surface area contributed by atoms with Crippen molar-refractivity contribution in [1.29, 1.82) is 5.26 Å². The largest absolute Gasteiger partial charge is 0.460 e. The number of hydrogen-bond donors (Lipinski definition) is 2. The molecule has 0 spiro atoms. The summed E-state index contributed by atoms with van der Waals surface area (Å²) in [6, 6.07) is 12.0. The summed E-state index contributed by atoms with van der Waals surface area (Å²) < 4.78 is 57.5. The Balaban J connectivity index is 1.45. The van der Waals surface area contributed by atoms with Crippen molar-refractivity contribution in [3.8, 4) is 11.8 Å². The van der Waals surface area contributed by atoms with Crippen LogP contribution in [0, 0.1) is 22.2 Å². The summed E-state index contributed by atoms with van der Waals surface area (Å²) >= 11 is 0. The van der Waals surface area contributed by atoms with Crippen LogP contribution in [0.1, 0.15) is 60.3 Å². The molecule has 0 amide bonds. The first kappa shape index (κ1) is 37.2. The zero-order valence-electron chi connectivity index (χ0n) is 29.7. The summed E-state index contributed by atoms with van der Waals surface area (Å²) in [6.45, 7) is 11.4. The number of para-hydroxylation sites is 1. The molecule has 3 aliphatic rings. The van der Waals surface area contributed by atoms with Gasteiger partial charge in [0.25, 0.3) is 0 Å². The topological polar surface area (TPSA) is 225 Å². The molecule has 0 radical (unpaired) electrons. The highest BCUT2D eigenvalue weighted by molar-refractivity contribution is 7.52. The number of carbonyl (C=O) groups excluding carboxylic acids is 3. The van der Waals surface area contributed by atoms with Crippen molar-refractivity contribution >= 4 is 37.0 Å². The fourth-order valence-corrected chi connectivity index (χ4v) is 7.47. The van der Waals surface area contributed by atoms with Crippen LogP contribution in [-0.4, -0.2) is 81.3 Å². The Morgan fingerprint density at radius 3 is 2.33 bits per heavy atom. The van der Waals surface area contributed by atoms with Crippen LogP contribution in [-0.2, 0) is 47.2 Å². The van der Waals surface area contributed by atoms with Crippen molar-refractivity contribution in [1.82, 2.24) is 19.7 Å². The van der Waals surface area contributed by atoms with Crippen molar-refractivity contribution in [2.24, 2.45) is 10.8 Å². The van der Waals surface area contributed by atoms with Crippen LogP contribution in [0.3, 0.4) is 0 Å². The van der Waals surface area contributed by atoms with Crippen LogP contribution >= 0.6 is 7.75 Å². The Morgan fingerprint density at radius 1 is 1.06 bits per heavy atom. The smallest absolute Gasteiger partial charge is 0.456 e. The van der Waals surface area contributed by atoms with E-state index in [1.54, 1.807) is 71.9 Å². The third-order valence-electron chi connectivity index (χ3n) is 8.76. The van der Waals surface area contributed by atoms with Crippen molar-refractivity contribution in [3.05, 3.63) is 54.5 Å². The van der Waals surface area contributed by atoms with Crippen LogP contribution in [0.5, 0.6) is 5.75 Å². The molecule has 2 unspecified atom stereocenters. The number of anilines is 1. The lowest BCUT2D eigenvalue weighted by Crippen LogP contribution is -2.47. The average molecular weight is 741 g/mol. The molecular weight excluding hydrogens is 699 g/mol. The minimum absolute atomic E-state index is 0.0790. The van der Waals surface area contributed by atoms with E-state index in [9.17, 15) is 24.2 Å². The predicted octanol–water partition coefficient (Wildman–Crippen LogP) is 3.44. The third kappa shape index (κ3) is 6.50. The molecule has 1 aliphatic carbocycles. The molecule has 278 valence electrons. The lowest BCUT2D eigenvalue weighted by Gasteiger charge is -2.33. The van der Waals surface area contributed by atoms with Gasteiger partial charge in [0, 0.05) is 0 Å². The second kappa shape index (κ2) is 13.1. The summed E-state index contributed by atoms with van der Waals surface area (Å²) in [5, 5.41) is 17.8. The van der Waals surface area contributed by atoms with Gasteiger partial charge in [-0.2, -0.15) is 15.4 Å². The van der Waals surface area contributed by atoms with E-state index in [1.165, 1.54) is 29.9 Å². The summed E-state index contributed by atoms with van der Waals surface area (Å²) in [7, 11) is -4.72. The number of benzene rings is 1. The fourth-order valence-electron chi connectivity index (χ4n) is 5.75. The number of nitrogen functional groups attached to an aromatic ring is 1. The van der Waals surface area contributed by atoms with Gasteiger partial charge in [-0.15, -0.1) is 0 Å². The van der Waals surface area contributed by atoms with Gasteiger partial charge in [0.2, 0.25) is 11.2 Å². The number of rotatable bonds is 11. The van der Waals surface area contributed by atoms with E-state index in [4.69, 9.17) is 38.5 Å². The molecule has 4 heterocycles.